The molecular formula is C14H20F2N2O2S. The van der Waals surface area contributed by atoms with E-state index in [0.29, 0.717) is 30.7 Å². The van der Waals surface area contributed by atoms with E-state index in [2.05, 4.69) is 18.6 Å². The highest BCUT2D eigenvalue weighted by Crippen LogP contribution is 2.30. The molecule has 0 aliphatic heterocycles. The third-order valence-corrected chi connectivity index (χ3v) is 5.80. The quantitative estimate of drug-likeness (QED) is 0.842. The van der Waals surface area contributed by atoms with Crippen molar-refractivity contribution in [3.8, 4) is 0 Å². The predicted octanol–water partition coefficient (Wildman–Crippen LogP) is 2.65. The molecule has 3 atom stereocenters. The molecule has 1 aliphatic carbocycles. The van der Waals surface area contributed by atoms with Crippen LogP contribution < -0.4 is 10.5 Å². The molecule has 2 rings (SSSR count). The Morgan fingerprint density at radius 2 is 1.81 bits per heavy atom. The number of benzene rings is 1. The molecule has 21 heavy (non-hydrogen) atoms. The van der Waals surface area contributed by atoms with Crippen molar-refractivity contribution >= 4 is 15.7 Å². The summed E-state index contributed by atoms with van der Waals surface area (Å²) >= 11 is 0. The molecule has 0 heterocycles. The van der Waals surface area contributed by atoms with Crippen molar-refractivity contribution in [3.63, 3.8) is 0 Å². The topological polar surface area (TPSA) is 72.2 Å². The molecule has 1 aliphatic rings. The van der Waals surface area contributed by atoms with Crippen LogP contribution >= 0.6 is 0 Å². The Morgan fingerprint density at radius 3 is 2.43 bits per heavy atom. The fourth-order valence-electron chi connectivity index (χ4n) is 2.69. The zero-order valence-corrected chi connectivity index (χ0v) is 12.9. The third kappa shape index (κ3) is 3.52. The summed E-state index contributed by atoms with van der Waals surface area (Å²) in [4.78, 5) is -0.604. The molecule has 7 heteroatoms. The highest BCUT2D eigenvalue weighted by atomic mass is 32.2. The van der Waals surface area contributed by atoms with Crippen LogP contribution in [0.1, 0.15) is 33.1 Å². The van der Waals surface area contributed by atoms with Gasteiger partial charge in [-0.3, -0.25) is 0 Å². The molecule has 0 aromatic heterocycles. The van der Waals surface area contributed by atoms with Gasteiger partial charge in [0.15, 0.2) is 0 Å². The first-order valence-corrected chi connectivity index (χ1v) is 8.46. The molecule has 0 bridgehead atoms. The Balaban J connectivity index is 2.21. The number of hydrogen-bond donors (Lipinski definition) is 2. The molecule has 0 amide bonds. The van der Waals surface area contributed by atoms with Crippen LogP contribution in [0, 0.1) is 23.5 Å². The zero-order valence-electron chi connectivity index (χ0n) is 12.1. The molecule has 0 saturated heterocycles. The molecular weight excluding hydrogens is 298 g/mol. The normalized spacial score (nSPS) is 26.8. The highest BCUT2D eigenvalue weighted by Gasteiger charge is 2.29. The van der Waals surface area contributed by atoms with Crippen LogP contribution in [0.4, 0.5) is 14.5 Å². The molecule has 1 aromatic carbocycles. The lowest BCUT2D eigenvalue weighted by atomic mass is 9.79. The minimum absolute atomic E-state index is 0.230. The number of anilines is 1. The predicted molar refractivity (Wildman–Crippen MR) is 77.1 cm³/mol. The number of hydrogen-bond acceptors (Lipinski definition) is 3. The van der Waals surface area contributed by atoms with Gasteiger partial charge in [0.2, 0.25) is 10.0 Å². The lowest BCUT2D eigenvalue weighted by molar-refractivity contribution is 0.241. The molecule has 0 radical (unpaired) electrons. The number of nitrogen functional groups attached to an aromatic ring is 1. The molecule has 3 unspecified atom stereocenters. The Morgan fingerprint density at radius 1 is 1.14 bits per heavy atom. The average molecular weight is 318 g/mol. The summed E-state index contributed by atoms with van der Waals surface area (Å²) in [5, 5.41) is 0. The second-order valence-electron chi connectivity index (χ2n) is 5.89. The van der Waals surface area contributed by atoms with E-state index in [-0.39, 0.29) is 11.7 Å². The number of halogens is 2. The van der Waals surface area contributed by atoms with Gasteiger partial charge >= 0.3 is 0 Å². The minimum atomic E-state index is -4.04. The van der Waals surface area contributed by atoms with Crippen LogP contribution in [-0.4, -0.2) is 14.5 Å². The van der Waals surface area contributed by atoms with Crippen molar-refractivity contribution in [3.05, 3.63) is 23.8 Å². The summed E-state index contributed by atoms with van der Waals surface area (Å²) in [5.74, 6) is -1.16. The number of rotatable bonds is 3. The Kier molecular flexibility index (Phi) is 4.53. The average Bonchev–Trinajstić information content (AvgIpc) is 2.37. The monoisotopic (exact) mass is 318 g/mol. The van der Waals surface area contributed by atoms with E-state index in [4.69, 9.17) is 5.73 Å². The van der Waals surface area contributed by atoms with Gasteiger partial charge in [-0.25, -0.2) is 21.9 Å². The third-order valence-electron chi connectivity index (χ3n) is 4.26. The summed E-state index contributed by atoms with van der Waals surface area (Å²) in [6, 6.07) is 1.09. The minimum Gasteiger partial charge on any atom is -0.396 e. The van der Waals surface area contributed by atoms with Gasteiger partial charge in [0.25, 0.3) is 0 Å². The maximum absolute atomic E-state index is 13.7. The smallest absolute Gasteiger partial charge is 0.243 e. The van der Waals surface area contributed by atoms with Crippen molar-refractivity contribution in [1.82, 2.24) is 4.72 Å². The van der Waals surface area contributed by atoms with Gasteiger partial charge in [-0.2, -0.15) is 0 Å². The van der Waals surface area contributed by atoms with Crippen molar-refractivity contribution < 1.29 is 17.2 Å². The van der Waals surface area contributed by atoms with E-state index >= 15 is 0 Å². The maximum Gasteiger partial charge on any atom is 0.243 e. The standard InChI is InChI=1S/C14H20F2N2O2S/c1-8-3-4-10(5-9(8)2)18-21(19,20)14-7-13(17)11(15)6-12(14)16/h6-10,18H,3-5,17H2,1-2H3. The van der Waals surface area contributed by atoms with Gasteiger partial charge < -0.3 is 5.73 Å². The first-order valence-electron chi connectivity index (χ1n) is 6.97. The van der Waals surface area contributed by atoms with Gasteiger partial charge in [-0.1, -0.05) is 13.8 Å². The van der Waals surface area contributed by atoms with Crippen LogP contribution in [0.3, 0.4) is 0 Å². The van der Waals surface area contributed by atoms with Crippen LogP contribution in [0.15, 0.2) is 17.0 Å². The number of nitrogens with two attached hydrogens (primary N) is 1. The SMILES string of the molecule is CC1CCC(NS(=O)(=O)c2cc(N)c(F)cc2F)CC1C. The summed E-state index contributed by atoms with van der Waals surface area (Å²) in [6.07, 6.45) is 2.34. The lowest BCUT2D eigenvalue weighted by Gasteiger charge is -2.32. The van der Waals surface area contributed by atoms with Gasteiger partial charge in [0, 0.05) is 12.1 Å². The zero-order chi connectivity index (χ0) is 15.8. The van der Waals surface area contributed by atoms with Crippen LogP contribution in [0.25, 0.3) is 0 Å². The van der Waals surface area contributed by atoms with Gasteiger partial charge in [0.05, 0.1) is 5.69 Å². The summed E-state index contributed by atoms with van der Waals surface area (Å²) in [7, 11) is -4.04. The first kappa shape index (κ1) is 16.2. The van der Waals surface area contributed by atoms with Crippen LogP contribution in [0.2, 0.25) is 0 Å². The van der Waals surface area contributed by atoms with Gasteiger partial charge in [0.1, 0.15) is 16.5 Å². The number of nitrogens with one attached hydrogen (secondary N) is 1. The van der Waals surface area contributed by atoms with Crippen molar-refractivity contribution in [1.29, 1.82) is 0 Å². The molecule has 3 N–H and O–H groups in total. The van der Waals surface area contributed by atoms with Crippen molar-refractivity contribution in [2.75, 3.05) is 5.73 Å². The van der Waals surface area contributed by atoms with E-state index in [1.54, 1.807) is 0 Å². The van der Waals surface area contributed by atoms with Crippen molar-refractivity contribution in [2.45, 2.75) is 44.0 Å². The second-order valence-corrected chi connectivity index (χ2v) is 7.57. The fourth-order valence-corrected chi connectivity index (χ4v) is 4.07. The number of sulfonamides is 1. The molecule has 0 spiro atoms. The lowest BCUT2D eigenvalue weighted by Crippen LogP contribution is -2.40. The van der Waals surface area contributed by atoms with E-state index in [9.17, 15) is 17.2 Å². The first-order chi connectivity index (χ1) is 9.70. The summed E-state index contributed by atoms with van der Waals surface area (Å²) in [6.45, 7) is 4.21. The fraction of sp³-hybridized carbons (Fsp3) is 0.571. The van der Waals surface area contributed by atoms with Crippen LogP contribution in [0.5, 0.6) is 0 Å². The molecule has 4 nitrogen and oxygen atoms in total. The Hall–Kier alpha value is -1.21. The maximum atomic E-state index is 13.7. The molecule has 1 aromatic rings. The van der Waals surface area contributed by atoms with Crippen LogP contribution in [-0.2, 0) is 10.0 Å². The Bertz CT molecular complexity index is 634. The van der Waals surface area contributed by atoms with E-state index in [0.717, 1.165) is 12.5 Å². The summed E-state index contributed by atoms with van der Waals surface area (Å²) in [5.41, 5.74) is 4.94. The van der Waals surface area contributed by atoms with E-state index in [1.807, 2.05) is 0 Å². The molecule has 1 fully saturated rings. The summed E-state index contributed by atoms with van der Waals surface area (Å²) < 4.78 is 53.8. The van der Waals surface area contributed by atoms with E-state index in [1.165, 1.54) is 0 Å². The van der Waals surface area contributed by atoms with Gasteiger partial charge in [-0.15, -0.1) is 0 Å². The largest absolute Gasteiger partial charge is 0.396 e. The van der Waals surface area contributed by atoms with Gasteiger partial charge in [-0.05, 0) is 37.2 Å². The highest BCUT2D eigenvalue weighted by molar-refractivity contribution is 7.89. The van der Waals surface area contributed by atoms with E-state index < -0.39 is 26.6 Å². The molecule has 1 saturated carbocycles. The molecule has 118 valence electrons. The Labute approximate surface area is 123 Å². The van der Waals surface area contributed by atoms with Crippen molar-refractivity contribution in [2.24, 2.45) is 11.8 Å². The second kappa shape index (κ2) is 5.88.